The number of pyridine rings is 2. The first-order valence-electron chi connectivity index (χ1n) is 6.84. The van der Waals surface area contributed by atoms with Crippen molar-refractivity contribution < 1.29 is 9.53 Å². The van der Waals surface area contributed by atoms with Crippen molar-refractivity contribution in [1.29, 1.82) is 0 Å². The van der Waals surface area contributed by atoms with Gasteiger partial charge in [-0.2, -0.15) is 0 Å². The number of hydrogen-bond donors (Lipinski definition) is 1. The minimum absolute atomic E-state index is 0.194. The number of carbonyl (C=O) groups excluding carboxylic acids is 1. The van der Waals surface area contributed by atoms with Crippen LogP contribution in [0.4, 0.5) is 5.69 Å². The Balaban J connectivity index is 1.89. The van der Waals surface area contributed by atoms with Gasteiger partial charge in [0.2, 0.25) is 0 Å². The lowest BCUT2D eigenvalue weighted by molar-refractivity contribution is 0.102. The first-order valence-corrected chi connectivity index (χ1v) is 6.84. The van der Waals surface area contributed by atoms with Gasteiger partial charge in [0.15, 0.2) is 0 Å². The van der Waals surface area contributed by atoms with Gasteiger partial charge >= 0.3 is 0 Å². The molecule has 2 aromatic heterocycles. The zero-order valence-electron chi connectivity index (χ0n) is 12.3. The van der Waals surface area contributed by atoms with Crippen molar-refractivity contribution in [2.24, 2.45) is 0 Å². The van der Waals surface area contributed by atoms with E-state index in [2.05, 4.69) is 15.3 Å². The topological polar surface area (TPSA) is 64.1 Å². The summed E-state index contributed by atoms with van der Waals surface area (Å²) in [5.74, 6) is 0.550. The molecule has 0 atom stereocenters. The number of rotatable bonds is 3. The predicted molar refractivity (Wildman–Crippen MR) is 85.2 cm³/mol. The number of nitrogens with one attached hydrogen (secondary N) is 1. The summed E-state index contributed by atoms with van der Waals surface area (Å²) in [4.78, 5) is 20.9. The van der Waals surface area contributed by atoms with Crippen LogP contribution in [0.3, 0.4) is 0 Å². The number of aromatic nitrogens is 2. The average Bonchev–Trinajstić information content (AvgIpc) is 2.54. The monoisotopic (exact) mass is 293 g/mol. The van der Waals surface area contributed by atoms with Crippen LogP contribution in [0.15, 0.2) is 48.8 Å². The van der Waals surface area contributed by atoms with Crippen molar-refractivity contribution in [3.63, 3.8) is 0 Å². The van der Waals surface area contributed by atoms with Crippen LogP contribution in [0, 0.1) is 6.92 Å². The molecule has 0 aliphatic heterocycles. The molecule has 0 fully saturated rings. The molecule has 0 spiro atoms. The lowest BCUT2D eigenvalue weighted by Gasteiger charge is -2.09. The Bertz CT molecular complexity index is 829. The fraction of sp³-hybridized carbons (Fsp3) is 0.118. The second-order valence-electron chi connectivity index (χ2n) is 4.87. The third kappa shape index (κ3) is 2.74. The van der Waals surface area contributed by atoms with Crippen molar-refractivity contribution in [2.45, 2.75) is 6.92 Å². The number of carbonyl (C=O) groups is 1. The van der Waals surface area contributed by atoms with Gasteiger partial charge in [-0.1, -0.05) is 0 Å². The Labute approximate surface area is 128 Å². The van der Waals surface area contributed by atoms with E-state index >= 15 is 0 Å². The quantitative estimate of drug-likeness (QED) is 0.805. The van der Waals surface area contributed by atoms with Gasteiger partial charge < -0.3 is 10.1 Å². The molecule has 1 N–H and O–H groups in total. The van der Waals surface area contributed by atoms with E-state index in [1.807, 2.05) is 19.1 Å². The number of benzene rings is 1. The highest BCUT2D eigenvalue weighted by molar-refractivity contribution is 6.06. The predicted octanol–water partition coefficient (Wildman–Crippen LogP) is 3.20. The molecule has 5 heteroatoms. The van der Waals surface area contributed by atoms with Crippen LogP contribution in [0.25, 0.3) is 10.9 Å². The van der Waals surface area contributed by atoms with Crippen LogP contribution in [0.5, 0.6) is 5.75 Å². The number of methoxy groups -OCH3 is 1. The maximum atomic E-state index is 12.4. The Morgan fingerprint density at radius 1 is 1.18 bits per heavy atom. The fourth-order valence-corrected chi connectivity index (χ4v) is 2.22. The minimum Gasteiger partial charge on any atom is -0.497 e. The van der Waals surface area contributed by atoms with Gasteiger partial charge in [-0.25, -0.2) is 0 Å². The fourth-order valence-electron chi connectivity index (χ4n) is 2.22. The maximum absolute atomic E-state index is 12.4. The van der Waals surface area contributed by atoms with Crippen LogP contribution < -0.4 is 10.1 Å². The van der Waals surface area contributed by atoms with Gasteiger partial charge in [0.1, 0.15) is 5.75 Å². The normalized spacial score (nSPS) is 10.5. The van der Waals surface area contributed by atoms with E-state index in [-0.39, 0.29) is 5.91 Å². The van der Waals surface area contributed by atoms with Crippen LogP contribution in [0.1, 0.15) is 16.1 Å². The molecule has 22 heavy (non-hydrogen) atoms. The Morgan fingerprint density at radius 3 is 2.68 bits per heavy atom. The smallest absolute Gasteiger partial charge is 0.257 e. The number of nitrogens with zero attached hydrogens (tertiary/aromatic N) is 2. The maximum Gasteiger partial charge on any atom is 0.257 e. The van der Waals surface area contributed by atoms with Crippen molar-refractivity contribution in [3.05, 3.63) is 60.0 Å². The first-order chi connectivity index (χ1) is 10.7. The summed E-state index contributed by atoms with van der Waals surface area (Å²) >= 11 is 0. The number of ether oxygens (including phenoxy) is 1. The molecule has 2 heterocycles. The van der Waals surface area contributed by atoms with E-state index in [9.17, 15) is 4.79 Å². The molecule has 3 aromatic rings. The molecule has 0 aliphatic rings. The van der Waals surface area contributed by atoms with Crippen LogP contribution >= 0.6 is 0 Å². The Hall–Kier alpha value is -2.95. The third-order valence-electron chi connectivity index (χ3n) is 3.40. The average molecular weight is 293 g/mol. The molecule has 5 nitrogen and oxygen atoms in total. The Morgan fingerprint density at radius 2 is 1.95 bits per heavy atom. The molecule has 0 saturated carbocycles. The van der Waals surface area contributed by atoms with E-state index in [4.69, 9.17) is 4.74 Å². The zero-order chi connectivity index (χ0) is 15.5. The standard InChI is InChI=1S/C17H15N3O2/c1-11-15(9-12-10-18-8-7-16(12)19-11)17(21)20-13-3-5-14(22-2)6-4-13/h3-10H,1-2H3,(H,20,21). The largest absolute Gasteiger partial charge is 0.497 e. The summed E-state index contributed by atoms with van der Waals surface area (Å²) in [6.07, 6.45) is 3.39. The first kappa shape index (κ1) is 14.0. The number of hydrogen-bond acceptors (Lipinski definition) is 4. The highest BCUT2D eigenvalue weighted by Gasteiger charge is 2.12. The van der Waals surface area contributed by atoms with E-state index in [1.165, 1.54) is 0 Å². The van der Waals surface area contributed by atoms with E-state index in [1.54, 1.807) is 43.8 Å². The summed E-state index contributed by atoms with van der Waals surface area (Å²) in [6, 6.07) is 10.8. The number of amides is 1. The molecule has 0 unspecified atom stereocenters. The Kier molecular flexibility index (Phi) is 3.70. The van der Waals surface area contributed by atoms with E-state index in [0.717, 1.165) is 16.7 Å². The lowest BCUT2D eigenvalue weighted by Crippen LogP contribution is -2.14. The minimum atomic E-state index is -0.194. The SMILES string of the molecule is COc1ccc(NC(=O)c2cc3cnccc3nc2C)cc1. The van der Waals surface area contributed by atoms with E-state index in [0.29, 0.717) is 16.9 Å². The summed E-state index contributed by atoms with van der Waals surface area (Å²) < 4.78 is 5.10. The van der Waals surface area contributed by atoms with E-state index < -0.39 is 0 Å². The van der Waals surface area contributed by atoms with Gasteiger partial charge in [0.05, 0.1) is 23.9 Å². The highest BCUT2D eigenvalue weighted by atomic mass is 16.5. The molecule has 0 radical (unpaired) electrons. The molecule has 110 valence electrons. The molecule has 1 amide bonds. The summed E-state index contributed by atoms with van der Waals surface area (Å²) in [6.45, 7) is 1.82. The van der Waals surface area contributed by atoms with Gasteiger partial charge in [-0.3, -0.25) is 14.8 Å². The van der Waals surface area contributed by atoms with Crippen molar-refractivity contribution >= 4 is 22.5 Å². The zero-order valence-corrected chi connectivity index (χ0v) is 12.3. The molecule has 0 bridgehead atoms. The second-order valence-corrected chi connectivity index (χ2v) is 4.87. The van der Waals surface area contributed by atoms with Crippen LogP contribution in [-0.2, 0) is 0 Å². The van der Waals surface area contributed by atoms with Crippen LogP contribution in [0.2, 0.25) is 0 Å². The number of fused-ring (bicyclic) bond motifs is 1. The summed E-state index contributed by atoms with van der Waals surface area (Å²) in [5, 5.41) is 3.70. The molecule has 0 aliphatic carbocycles. The molecule has 1 aromatic carbocycles. The summed E-state index contributed by atoms with van der Waals surface area (Å²) in [5.41, 5.74) is 2.76. The number of aryl methyl sites for hydroxylation is 1. The number of anilines is 1. The molecular formula is C17H15N3O2. The highest BCUT2D eigenvalue weighted by Crippen LogP contribution is 2.19. The summed E-state index contributed by atoms with van der Waals surface area (Å²) in [7, 11) is 1.60. The molecular weight excluding hydrogens is 278 g/mol. The van der Waals surface area contributed by atoms with Gasteiger partial charge in [0.25, 0.3) is 5.91 Å². The van der Waals surface area contributed by atoms with Crippen molar-refractivity contribution in [2.75, 3.05) is 12.4 Å². The van der Waals surface area contributed by atoms with Crippen molar-refractivity contribution in [3.8, 4) is 5.75 Å². The third-order valence-corrected chi connectivity index (χ3v) is 3.40. The van der Waals surface area contributed by atoms with Crippen molar-refractivity contribution in [1.82, 2.24) is 9.97 Å². The van der Waals surface area contributed by atoms with Gasteiger partial charge in [0, 0.05) is 23.5 Å². The second kappa shape index (κ2) is 5.81. The van der Waals surface area contributed by atoms with Gasteiger partial charge in [-0.15, -0.1) is 0 Å². The van der Waals surface area contributed by atoms with Gasteiger partial charge in [-0.05, 0) is 43.3 Å². The van der Waals surface area contributed by atoms with Crippen LogP contribution in [-0.4, -0.2) is 23.0 Å². The molecule has 3 rings (SSSR count). The molecule has 0 saturated heterocycles. The lowest BCUT2D eigenvalue weighted by atomic mass is 10.1.